The minimum atomic E-state index is -4.05. The predicted molar refractivity (Wildman–Crippen MR) is 82.9 cm³/mol. The number of esters is 2. The summed E-state index contributed by atoms with van der Waals surface area (Å²) in [5.74, 6) is -1.37. The molecule has 0 N–H and O–H groups in total. The fourth-order valence-corrected chi connectivity index (χ4v) is 3.91. The quantitative estimate of drug-likeness (QED) is 0.399. The van der Waals surface area contributed by atoms with Gasteiger partial charge in [-0.15, -0.1) is 0 Å². The summed E-state index contributed by atoms with van der Waals surface area (Å²) in [6.45, 7) is 2.88. The molecule has 2 rings (SSSR count). The van der Waals surface area contributed by atoms with E-state index in [4.69, 9.17) is 14.2 Å². The molecule has 24 heavy (non-hydrogen) atoms. The zero-order chi connectivity index (χ0) is 18.0. The van der Waals surface area contributed by atoms with Gasteiger partial charge in [0.2, 0.25) is 15.6 Å². The van der Waals surface area contributed by atoms with Crippen LogP contribution in [-0.4, -0.2) is 57.1 Å². The number of hydrogen-bond donors (Lipinski definition) is 0. The molecule has 1 aliphatic heterocycles. The Balaban J connectivity index is 2.35. The lowest BCUT2D eigenvalue weighted by atomic mass is 10.1. The van der Waals surface area contributed by atoms with Crippen LogP contribution in [0.5, 0.6) is 5.75 Å². The molecule has 9 heteroatoms. The maximum Gasteiger partial charge on any atom is 0.340 e. The predicted octanol–water partition coefficient (Wildman–Crippen LogP) is 0.565. The average Bonchev–Trinajstić information content (AvgIpc) is 3.33. The number of sulfonamides is 1. The van der Waals surface area contributed by atoms with Crippen molar-refractivity contribution in [2.45, 2.75) is 24.3 Å². The van der Waals surface area contributed by atoms with E-state index in [0.29, 0.717) is 5.75 Å². The number of nitrogens with zero attached hydrogens (tertiary/aromatic N) is 1. The molecule has 0 aliphatic carbocycles. The molecule has 0 bridgehead atoms. The number of carbonyl (C=O) groups excluding carboxylic acids is 2. The molecule has 1 heterocycles. The van der Waals surface area contributed by atoms with E-state index in [2.05, 4.69) is 0 Å². The maximum atomic E-state index is 12.7. The van der Waals surface area contributed by atoms with Gasteiger partial charge in [0.15, 0.2) is 0 Å². The summed E-state index contributed by atoms with van der Waals surface area (Å²) in [6.07, 6.45) is 0. The number of benzene rings is 1. The van der Waals surface area contributed by atoms with Crippen molar-refractivity contribution < 1.29 is 32.2 Å². The summed E-state index contributed by atoms with van der Waals surface area (Å²) in [4.78, 5) is 24.3. The SMILES string of the molecule is CCOC(=O)C1(C(=O)OCC)CN1S(=O)(=O)c1ccc(OC)cc1. The van der Waals surface area contributed by atoms with Gasteiger partial charge in [0, 0.05) is 0 Å². The van der Waals surface area contributed by atoms with Crippen LogP contribution in [-0.2, 0) is 29.1 Å². The van der Waals surface area contributed by atoms with Gasteiger partial charge in [-0.2, -0.15) is 4.31 Å². The van der Waals surface area contributed by atoms with E-state index in [0.717, 1.165) is 4.31 Å². The highest BCUT2D eigenvalue weighted by atomic mass is 32.2. The highest BCUT2D eigenvalue weighted by Crippen LogP contribution is 2.41. The third kappa shape index (κ3) is 2.96. The number of carbonyl (C=O) groups is 2. The third-order valence-corrected chi connectivity index (χ3v) is 5.46. The van der Waals surface area contributed by atoms with Crippen LogP contribution < -0.4 is 4.74 Å². The van der Waals surface area contributed by atoms with Gasteiger partial charge in [-0.05, 0) is 38.1 Å². The number of rotatable bonds is 7. The molecular weight excluding hydrogens is 338 g/mol. The van der Waals surface area contributed by atoms with Gasteiger partial charge in [-0.25, -0.2) is 18.0 Å². The molecule has 1 unspecified atom stereocenters. The second-order valence-electron chi connectivity index (χ2n) is 4.99. The van der Waals surface area contributed by atoms with Crippen molar-refractivity contribution in [1.82, 2.24) is 4.31 Å². The van der Waals surface area contributed by atoms with Crippen molar-refractivity contribution >= 4 is 22.0 Å². The van der Waals surface area contributed by atoms with Crippen molar-refractivity contribution in [3.8, 4) is 5.75 Å². The summed E-state index contributed by atoms with van der Waals surface area (Å²) in [5.41, 5.74) is -1.94. The lowest BCUT2D eigenvalue weighted by molar-refractivity contribution is -0.159. The molecule has 132 valence electrons. The van der Waals surface area contributed by atoms with E-state index in [1.165, 1.54) is 31.4 Å². The Morgan fingerprint density at radius 3 is 2.00 bits per heavy atom. The minimum Gasteiger partial charge on any atom is -0.497 e. The topological polar surface area (TPSA) is 99.0 Å². The Kier molecular flexibility index (Phi) is 5.14. The fourth-order valence-electron chi connectivity index (χ4n) is 2.25. The van der Waals surface area contributed by atoms with Crippen LogP contribution in [0, 0.1) is 0 Å². The molecule has 0 amide bonds. The van der Waals surface area contributed by atoms with E-state index in [1.54, 1.807) is 13.8 Å². The average molecular weight is 357 g/mol. The highest BCUT2D eigenvalue weighted by molar-refractivity contribution is 7.89. The molecule has 0 aromatic heterocycles. The van der Waals surface area contributed by atoms with E-state index in [1.807, 2.05) is 0 Å². The molecule has 0 spiro atoms. The molecule has 1 aromatic rings. The minimum absolute atomic E-state index is 0.0242. The fraction of sp³-hybridized carbons (Fsp3) is 0.467. The van der Waals surface area contributed by atoms with E-state index in [-0.39, 0.29) is 24.7 Å². The van der Waals surface area contributed by atoms with Crippen molar-refractivity contribution in [3.63, 3.8) is 0 Å². The molecule has 1 fully saturated rings. The molecule has 1 saturated heterocycles. The van der Waals surface area contributed by atoms with Gasteiger partial charge < -0.3 is 14.2 Å². The standard InChI is InChI=1S/C15H19NO7S/c1-4-22-13(17)15(14(18)23-5-2)10-16(15)24(19,20)12-8-6-11(21-3)7-9-12/h6-9H,4-5,10H2,1-3H3. The van der Waals surface area contributed by atoms with Crippen LogP contribution in [0.25, 0.3) is 0 Å². The van der Waals surface area contributed by atoms with Crippen molar-refractivity contribution in [1.29, 1.82) is 0 Å². The van der Waals surface area contributed by atoms with Crippen LogP contribution in [0.1, 0.15) is 13.8 Å². The first-order valence-corrected chi connectivity index (χ1v) is 8.80. The number of ether oxygens (including phenoxy) is 3. The number of hydrogen-bond acceptors (Lipinski definition) is 7. The lowest BCUT2D eigenvalue weighted by Gasteiger charge is -2.15. The van der Waals surface area contributed by atoms with Gasteiger partial charge in [0.25, 0.3) is 0 Å². The van der Waals surface area contributed by atoms with Crippen molar-refractivity contribution in [2.75, 3.05) is 26.9 Å². The summed E-state index contributed by atoms with van der Waals surface area (Å²) < 4.78 is 40.9. The van der Waals surface area contributed by atoms with E-state index in [9.17, 15) is 18.0 Å². The Morgan fingerprint density at radius 2 is 1.58 bits per heavy atom. The number of methoxy groups -OCH3 is 1. The zero-order valence-corrected chi connectivity index (χ0v) is 14.5. The normalized spacial score (nSPS) is 18.5. The first-order valence-electron chi connectivity index (χ1n) is 7.36. The summed E-state index contributed by atoms with van der Waals surface area (Å²) in [6, 6.07) is 5.64. The summed E-state index contributed by atoms with van der Waals surface area (Å²) in [5, 5.41) is 0. The zero-order valence-electron chi connectivity index (χ0n) is 13.6. The van der Waals surface area contributed by atoms with Gasteiger partial charge in [-0.1, -0.05) is 0 Å². The Bertz CT molecular complexity index is 709. The largest absolute Gasteiger partial charge is 0.497 e. The van der Waals surface area contributed by atoms with E-state index >= 15 is 0 Å². The van der Waals surface area contributed by atoms with Crippen LogP contribution in [0.3, 0.4) is 0 Å². The van der Waals surface area contributed by atoms with E-state index < -0.39 is 27.5 Å². The van der Waals surface area contributed by atoms with Crippen LogP contribution in [0.15, 0.2) is 29.2 Å². The van der Waals surface area contributed by atoms with Gasteiger partial charge in [0.05, 0.1) is 31.8 Å². The summed E-state index contributed by atoms with van der Waals surface area (Å²) in [7, 11) is -2.59. The molecule has 1 aliphatic rings. The smallest absolute Gasteiger partial charge is 0.340 e. The second-order valence-corrected chi connectivity index (χ2v) is 6.85. The summed E-state index contributed by atoms with van der Waals surface area (Å²) >= 11 is 0. The van der Waals surface area contributed by atoms with Crippen molar-refractivity contribution in [2.24, 2.45) is 0 Å². The first-order chi connectivity index (χ1) is 11.3. The Hall–Kier alpha value is -2.13. The van der Waals surface area contributed by atoms with Crippen LogP contribution >= 0.6 is 0 Å². The molecular formula is C15H19NO7S. The van der Waals surface area contributed by atoms with Gasteiger partial charge in [-0.3, -0.25) is 0 Å². The second kappa shape index (κ2) is 6.78. The molecule has 1 atom stereocenters. The maximum absolute atomic E-state index is 12.7. The first kappa shape index (κ1) is 18.2. The van der Waals surface area contributed by atoms with Gasteiger partial charge in [0.1, 0.15) is 5.75 Å². The van der Waals surface area contributed by atoms with Gasteiger partial charge >= 0.3 is 11.9 Å². The molecule has 0 saturated carbocycles. The van der Waals surface area contributed by atoms with Crippen LogP contribution in [0.4, 0.5) is 0 Å². The molecule has 1 aromatic carbocycles. The molecule has 0 radical (unpaired) electrons. The Labute approximate surface area is 140 Å². The highest BCUT2D eigenvalue weighted by Gasteiger charge is 2.72. The molecule has 8 nitrogen and oxygen atoms in total. The monoisotopic (exact) mass is 357 g/mol. The third-order valence-electron chi connectivity index (χ3n) is 3.57. The van der Waals surface area contributed by atoms with Crippen LogP contribution in [0.2, 0.25) is 0 Å². The Morgan fingerprint density at radius 1 is 1.08 bits per heavy atom. The lowest BCUT2D eigenvalue weighted by Crippen LogP contribution is -2.42. The van der Waals surface area contributed by atoms with Crippen molar-refractivity contribution in [3.05, 3.63) is 24.3 Å².